The quantitative estimate of drug-likeness (QED) is 0.904. The van der Waals surface area contributed by atoms with Crippen molar-refractivity contribution in [2.75, 3.05) is 13.2 Å². The van der Waals surface area contributed by atoms with E-state index in [1.165, 1.54) is 4.68 Å². The second-order valence-corrected chi connectivity index (χ2v) is 4.65. The molecule has 104 valence electrons. The molecule has 2 aromatic rings. The Morgan fingerprint density at radius 1 is 1.25 bits per heavy atom. The van der Waals surface area contributed by atoms with Crippen LogP contribution in [-0.4, -0.2) is 34.1 Å². The molecule has 0 amide bonds. The Hall–Kier alpha value is -2.50. The van der Waals surface area contributed by atoms with Crippen molar-refractivity contribution < 1.29 is 19.4 Å². The van der Waals surface area contributed by atoms with E-state index < -0.39 is 5.97 Å². The van der Waals surface area contributed by atoms with Crippen molar-refractivity contribution in [3.05, 3.63) is 29.5 Å². The van der Waals surface area contributed by atoms with E-state index in [-0.39, 0.29) is 5.69 Å². The Bertz CT molecular complexity index is 691. The lowest BCUT2D eigenvalue weighted by molar-refractivity contribution is 0.0685. The van der Waals surface area contributed by atoms with Gasteiger partial charge in [-0.3, -0.25) is 4.68 Å². The molecule has 6 nitrogen and oxygen atoms in total. The van der Waals surface area contributed by atoms with Gasteiger partial charge in [-0.25, -0.2) is 4.79 Å². The Kier molecular flexibility index (Phi) is 2.85. The lowest BCUT2D eigenvalue weighted by Gasteiger charge is -2.19. The second-order valence-electron chi connectivity index (χ2n) is 4.65. The van der Waals surface area contributed by atoms with Crippen LogP contribution in [0.5, 0.6) is 11.5 Å². The molecule has 3 rings (SSSR count). The van der Waals surface area contributed by atoms with Crippen LogP contribution in [0.25, 0.3) is 11.3 Å². The van der Waals surface area contributed by atoms with Gasteiger partial charge in [-0.05, 0) is 30.7 Å². The van der Waals surface area contributed by atoms with E-state index in [4.69, 9.17) is 14.6 Å². The van der Waals surface area contributed by atoms with Crippen LogP contribution in [0.3, 0.4) is 0 Å². The first-order valence-corrected chi connectivity index (χ1v) is 6.24. The van der Waals surface area contributed by atoms with Gasteiger partial charge in [0.15, 0.2) is 11.5 Å². The van der Waals surface area contributed by atoms with Crippen molar-refractivity contribution >= 4 is 5.97 Å². The maximum absolute atomic E-state index is 11.1. The number of hydrogen-bond acceptors (Lipinski definition) is 4. The highest BCUT2D eigenvalue weighted by Gasteiger charge is 2.18. The summed E-state index contributed by atoms with van der Waals surface area (Å²) in [5.41, 5.74) is 2.57. The summed E-state index contributed by atoms with van der Waals surface area (Å²) >= 11 is 0. The summed E-state index contributed by atoms with van der Waals surface area (Å²) in [5.74, 6) is 0.382. The molecule has 1 aliphatic heterocycles. The number of carboxylic acids is 1. The monoisotopic (exact) mass is 274 g/mol. The highest BCUT2D eigenvalue weighted by atomic mass is 16.6. The Balaban J connectivity index is 2.10. The molecule has 0 radical (unpaired) electrons. The van der Waals surface area contributed by atoms with Crippen molar-refractivity contribution in [2.45, 2.75) is 6.92 Å². The summed E-state index contributed by atoms with van der Waals surface area (Å²) in [4.78, 5) is 11.1. The van der Waals surface area contributed by atoms with Crippen LogP contribution in [0.4, 0.5) is 0 Å². The number of ether oxygens (including phenoxy) is 2. The molecule has 1 aromatic carbocycles. The van der Waals surface area contributed by atoms with Gasteiger partial charge in [-0.2, -0.15) is 5.10 Å². The van der Waals surface area contributed by atoms with E-state index in [0.717, 1.165) is 11.1 Å². The van der Waals surface area contributed by atoms with E-state index in [1.54, 1.807) is 13.1 Å². The minimum Gasteiger partial charge on any atom is -0.486 e. The first-order chi connectivity index (χ1) is 9.56. The fourth-order valence-electron chi connectivity index (χ4n) is 2.27. The standard InChI is InChI=1S/C14H14N2O4/c1-8-5-12-13(20-4-3-19-12)6-9(8)10-7-11(14(17)18)16(2)15-10/h5-7H,3-4H2,1-2H3,(H,17,18). The zero-order valence-electron chi connectivity index (χ0n) is 11.2. The number of carbonyl (C=O) groups is 1. The largest absolute Gasteiger partial charge is 0.486 e. The Morgan fingerprint density at radius 3 is 2.50 bits per heavy atom. The van der Waals surface area contributed by atoms with E-state index in [2.05, 4.69) is 5.10 Å². The van der Waals surface area contributed by atoms with E-state index in [1.807, 2.05) is 19.1 Å². The lowest BCUT2D eigenvalue weighted by atomic mass is 10.0. The normalized spacial score (nSPS) is 13.3. The van der Waals surface area contributed by atoms with E-state index in [0.29, 0.717) is 30.4 Å². The SMILES string of the molecule is Cc1cc2c(cc1-c1cc(C(=O)O)n(C)n1)OCCO2. The molecule has 2 heterocycles. The average Bonchev–Trinajstić information content (AvgIpc) is 2.80. The van der Waals surface area contributed by atoms with E-state index in [9.17, 15) is 4.79 Å². The van der Waals surface area contributed by atoms with Crippen LogP contribution in [0.1, 0.15) is 16.1 Å². The van der Waals surface area contributed by atoms with Gasteiger partial charge in [-0.15, -0.1) is 0 Å². The first-order valence-electron chi connectivity index (χ1n) is 6.24. The average molecular weight is 274 g/mol. The van der Waals surface area contributed by atoms with E-state index >= 15 is 0 Å². The third-order valence-corrected chi connectivity index (χ3v) is 3.26. The summed E-state index contributed by atoms with van der Waals surface area (Å²) < 4.78 is 12.4. The highest BCUT2D eigenvalue weighted by molar-refractivity contribution is 5.87. The molecule has 1 aliphatic rings. The predicted molar refractivity (Wildman–Crippen MR) is 71.3 cm³/mol. The molecule has 1 N–H and O–H groups in total. The molecule has 0 aliphatic carbocycles. The predicted octanol–water partition coefficient (Wildman–Crippen LogP) is 1.86. The number of aromatic carboxylic acids is 1. The number of hydrogen-bond donors (Lipinski definition) is 1. The number of aryl methyl sites for hydroxylation is 2. The summed E-state index contributed by atoms with van der Waals surface area (Å²) in [5, 5.41) is 13.3. The summed E-state index contributed by atoms with van der Waals surface area (Å²) in [6.07, 6.45) is 0. The summed E-state index contributed by atoms with van der Waals surface area (Å²) in [6.45, 7) is 2.99. The molecule has 0 bridgehead atoms. The van der Waals surface area contributed by atoms with Crippen LogP contribution in [0.2, 0.25) is 0 Å². The topological polar surface area (TPSA) is 73.6 Å². The minimum atomic E-state index is -0.999. The van der Waals surface area contributed by atoms with Gasteiger partial charge >= 0.3 is 5.97 Å². The van der Waals surface area contributed by atoms with Crippen molar-refractivity contribution in [1.82, 2.24) is 9.78 Å². The third-order valence-electron chi connectivity index (χ3n) is 3.26. The molecule has 0 saturated carbocycles. The first kappa shape index (κ1) is 12.5. The van der Waals surface area contributed by atoms with Gasteiger partial charge in [0, 0.05) is 12.6 Å². The molecule has 1 aromatic heterocycles. The molecular weight excluding hydrogens is 260 g/mol. The van der Waals surface area contributed by atoms with Crippen molar-refractivity contribution in [1.29, 1.82) is 0 Å². The van der Waals surface area contributed by atoms with Crippen LogP contribution < -0.4 is 9.47 Å². The van der Waals surface area contributed by atoms with Gasteiger partial charge in [0.1, 0.15) is 18.9 Å². The zero-order valence-corrected chi connectivity index (χ0v) is 11.2. The molecule has 0 atom stereocenters. The Morgan fingerprint density at radius 2 is 1.90 bits per heavy atom. The van der Waals surface area contributed by atoms with Crippen molar-refractivity contribution in [3.8, 4) is 22.8 Å². The maximum Gasteiger partial charge on any atom is 0.354 e. The smallest absolute Gasteiger partial charge is 0.354 e. The molecule has 0 saturated heterocycles. The fourth-order valence-corrected chi connectivity index (χ4v) is 2.27. The van der Waals surface area contributed by atoms with Crippen LogP contribution >= 0.6 is 0 Å². The number of nitrogens with zero attached hydrogens (tertiary/aromatic N) is 2. The number of fused-ring (bicyclic) bond motifs is 1. The number of benzene rings is 1. The molecular formula is C14H14N2O4. The fraction of sp³-hybridized carbons (Fsp3) is 0.286. The molecule has 0 unspecified atom stereocenters. The van der Waals surface area contributed by atoms with Gasteiger partial charge in [-0.1, -0.05) is 0 Å². The van der Waals surface area contributed by atoms with Gasteiger partial charge in [0.25, 0.3) is 0 Å². The van der Waals surface area contributed by atoms with Crippen LogP contribution in [0, 0.1) is 6.92 Å². The maximum atomic E-state index is 11.1. The molecule has 20 heavy (non-hydrogen) atoms. The molecule has 0 spiro atoms. The second kappa shape index (κ2) is 4.56. The molecule has 6 heteroatoms. The van der Waals surface area contributed by atoms with Crippen LogP contribution in [0.15, 0.2) is 18.2 Å². The van der Waals surface area contributed by atoms with Gasteiger partial charge in [0.2, 0.25) is 0 Å². The van der Waals surface area contributed by atoms with Crippen molar-refractivity contribution in [3.63, 3.8) is 0 Å². The number of aromatic nitrogens is 2. The van der Waals surface area contributed by atoms with Gasteiger partial charge in [0.05, 0.1) is 5.69 Å². The highest BCUT2D eigenvalue weighted by Crippen LogP contribution is 2.36. The minimum absolute atomic E-state index is 0.147. The van der Waals surface area contributed by atoms with Crippen molar-refractivity contribution in [2.24, 2.45) is 7.05 Å². The molecule has 0 fully saturated rings. The lowest BCUT2D eigenvalue weighted by Crippen LogP contribution is -2.15. The van der Waals surface area contributed by atoms with Crippen LogP contribution in [-0.2, 0) is 7.05 Å². The summed E-state index contributed by atoms with van der Waals surface area (Å²) in [7, 11) is 1.61. The number of carboxylic acid groups (broad SMARTS) is 1. The zero-order chi connectivity index (χ0) is 14.3. The van der Waals surface area contributed by atoms with Gasteiger partial charge < -0.3 is 14.6 Å². The third kappa shape index (κ3) is 1.99. The number of rotatable bonds is 2. The Labute approximate surface area is 115 Å². The summed E-state index contributed by atoms with van der Waals surface area (Å²) in [6, 6.07) is 5.29.